The number of anilines is 1. The van der Waals surface area contributed by atoms with E-state index in [9.17, 15) is 8.42 Å². The Hall–Kier alpha value is -2.15. The molecule has 0 bridgehead atoms. The van der Waals surface area contributed by atoms with Crippen LogP contribution < -0.4 is 4.90 Å². The molecule has 0 saturated carbocycles. The first kappa shape index (κ1) is 15.2. The highest BCUT2D eigenvalue weighted by molar-refractivity contribution is 7.90. The molecule has 1 heterocycles. The van der Waals surface area contributed by atoms with E-state index in [1.165, 1.54) is 0 Å². The van der Waals surface area contributed by atoms with Gasteiger partial charge in [0.2, 0.25) is 0 Å². The molecule has 0 amide bonds. The fourth-order valence-electron chi connectivity index (χ4n) is 1.85. The van der Waals surface area contributed by atoms with Crippen molar-refractivity contribution in [3.05, 3.63) is 35.9 Å². The van der Waals surface area contributed by atoms with Crippen molar-refractivity contribution >= 4 is 27.6 Å². The number of benzene rings is 1. The van der Waals surface area contributed by atoms with Crippen LogP contribution in [0.5, 0.6) is 0 Å². The van der Waals surface area contributed by atoms with Crippen LogP contribution in [-0.4, -0.2) is 45.2 Å². The first-order chi connectivity index (χ1) is 9.89. The van der Waals surface area contributed by atoms with Gasteiger partial charge in [-0.15, -0.1) is 0 Å². The molecule has 0 aliphatic rings. The Morgan fingerprint density at radius 2 is 1.95 bits per heavy atom. The normalized spacial score (nSPS) is 12.0. The van der Waals surface area contributed by atoms with Gasteiger partial charge < -0.3 is 4.90 Å². The zero-order valence-electron chi connectivity index (χ0n) is 12.2. The maximum Gasteiger partial charge on any atom is 0.194 e. The summed E-state index contributed by atoms with van der Waals surface area (Å²) < 4.78 is 23.5. The molecule has 0 fully saturated rings. The Labute approximate surface area is 124 Å². The summed E-state index contributed by atoms with van der Waals surface area (Å²) in [5.74, 6) is 0.500. The number of rotatable bonds is 5. The van der Waals surface area contributed by atoms with Gasteiger partial charge in [0, 0.05) is 33.0 Å². The molecular weight excluding hydrogens is 288 g/mol. The highest BCUT2D eigenvalue weighted by Gasteiger charge is 2.21. The molecule has 7 heteroatoms. The quantitative estimate of drug-likeness (QED) is 0.855. The van der Waals surface area contributed by atoms with Gasteiger partial charge in [0.15, 0.2) is 20.7 Å². The van der Waals surface area contributed by atoms with Gasteiger partial charge in [-0.25, -0.2) is 8.42 Å². The minimum atomic E-state index is -3.40. The number of nitrogens with one attached hydrogen (secondary N) is 1. The zero-order valence-corrected chi connectivity index (χ0v) is 13.1. The highest BCUT2D eigenvalue weighted by atomic mass is 32.2. The predicted octanol–water partition coefficient (Wildman–Crippen LogP) is 1.82. The Balaban J connectivity index is 2.32. The summed E-state index contributed by atoms with van der Waals surface area (Å²) in [4.78, 5) is 6.03. The molecule has 6 nitrogen and oxygen atoms in total. The Bertz CT molecular complexity index is 734. The monoisotopic (exact) mass is 306 g/mol. The van der Waals surface area contributed by atoms with E-state index in [0.717, 1.165) is 11.8 Å². The minimum absolute atomic E-state index is 0.0375. The van der Waals surface area contributed by atoms with E-state index in [1.807, 2.05) is 30.3 Å². The van der Waals surface area contributed by atoms with E-state index < -0.39 is 9.84 Å². The van der Waals surface area contributed by atoms with Crippen LogP contribution in [0, 0.1) is 0 Å². The fourth-order valence-corrected chi connectivity index (χ4v) is 2.56. The van der Waals surface area contributed by atoms with E-state index in [0.29, 0.717) is 17.9 Å². The maximum absolute atomic E-state index is 11.8. The van der Waals surface area contributed by atoms with Crippen molar-refractivity contribution in [3.63, 3.8) is 0 Å². The second kappa shape index (κ2) is 6.09. The molecule has 1 aromatic heterocycles. The van der Waals surface area contributed by atoms with E-state index in [4.69, 9.17) is 0 Å². The summed E-state index contributed by atoms with van der Waals surface area (Å²) in [7, 11) is 0.181. The van der Waals surface area contributed by atoms with Gasteiger partial charge >= 0.3 is 0 Å². The van der Waals surface area contributed by atoms with Gasteiger partial charge in [0.05, 0.1) is 0 Å². The van der Waals surface area contributed by atoms with Crippen LogP contribution in [0.1, 0.15) is 5.56 Å². The van der Waals surface area contributed by atoms with Crippen molar-refractivity contribution < 1.29 is 8.42 Å². The summed E-state index contributed by atoms with van der Waals surface area (Å²) >= 11 is 0. The lowest BCUT2D eigenvalue weighted by Gasteiger charge is -2.08. The van der Waals surface area contributed by atoms with Crippen LogP contribution in [-0.2, 0) is 16.3 Å². The van der Waals surface area contributed by atoms with Crippen molar-refractivity contribution in [2.24, 2.45) is 4.99 Å². The van der Waals surface area contributed by atoms with Crippen LogP contribution >= 0.6 is 0 Å². The fraction of sp³-hybridized carbons (Fsp3) is 0.286. The summed E-state index contributed by atoms with van der Waals surface area (Å²) in [5, 5.41) is 6.60. The zero-order chi connectivity index (χ0) is 15.5. The number of aliphatic imine (C=N–C) groups is 1. The summed E-state index contributed by atoms with van der Waals surface area (Å²) in [6.45, 7) is 0. The maximum atomic E-state index is 11.8. The molecule has 2 aromatic rings. The van der Waals surface area contributed by atoms with Crippen molar-refractivity contribution in [2.75, 3.05) is 25.3 Å². The average Bonchev–Trinajstić information content (AvgIpc) is 2.84. The molecule has 0 aliphatic heterocycles. The number of hydrogen-bond donors (Lipinski definition) is 1. The Morgan fingerprint density at radius 1 is 1.29 bits per heavy atom. The predicted molar refractivity (Wildman–Crippen MR) is 84.3 cm³/mol. The largest absolute Gasteiger partial charge is 0.359 e. The van der Waals surface area contributed by atoms with Gasteiger partial charge in [-0.05, 0) is 5.56 Å². The molecule has 1 aromatic carbocycles. The van der Waals surface area contributed by atoms with E-state index in [2.05, 4.69) is 15.2 Å². The summed E-state index contributed by atoms with van der Waals surface area (Å²) in [6, 6.07) is 9.84. The molecular formula is C14H18N4O2S. The number of sulfone groups is 1. The van der Waals surface area contributed by atoms with E-state index in [1.54, 1.807) is 25.2 Å². The molecule has 0 unspecified atom stereocenters. The van der Waals surface area contributed by atoms with Crippen LogP contribution in [0.2, 0.25) is 0 Å². The van der Waals surface area contributed by atoms with E-state index in [-0.39, 0.29) is 5.03 Å². The standard InChI is InChI=1S/C14H18N4O2S/c1-18(2)13-12(14(17-16-13)21(3,19)20)15-10-9-11-7-5-4-6-8-11/h4-8,10H,9H2,1-3H3,(H,16,17). The molecule has 21 heavy (non-hydrogen) atoms. The first-order valence-electron chi connectivity index (χ1n) is 6.42. The van der Waals surface area contributed by atoms with Crippen LogP contribution in [0.4, 0.5) is 11.5 Å². The highest BCUT2D eigenvalue weighted by Crippen LogP contribution is 2.31. The molecule has 0 radical (unpaired) electrons. The second-order valence-corrected chi connectivity index (χ2v) is 6.85. The Kier molecular flexibility index (Phi) is 4.42. The van der Waals surface area contributed by atoms with Crippen LogP contribution in [0.3, 0.4) is 0 Å². The molecule has 0 aliphatic carbocycles. The van der Waals surface area contributed by atoms with Crippen LogP contribution in [0.25, 0.3) is 0 Å². The Morgan fingerprint density at radius 3 is 2.52 bits per heavy atom. The summed E-state index contributed by atoms with van der Waals surface area (Å²) in [6.07, 6.45) is 3.46. The molecule has 0 saturated heterocycles. The number of aromatic nitrogens is 2. The molecule has 2 rings (SSSR count). The first-order valence-corrected chi connectivity index (χ1v) is 8.31. The van der Waals surface area contributed by atoms with Gasteiger partial charge in [0.25, 0.3) is 0 Å². The number of nitrogens with zero attached hydrogens (tertiary/aromatic N) is 3. The topological polar surface area (TPSA) is 78.4 Å². The number of H-pyrrole nitrogens is 1. The van der Waals surface area contributed by atoms with Gasteiger partial charge in [-0.1, -0.05) is 30.3 Å². The molecule has 0 atom stereocenters. The molecule has 112 valence electrons. The second-order valence-electron chi connectivity index (χ2n) is 4.89. The smallest absolute Gasteiger partial charge is 0.194 e. The van der Waals surface area contributed by atoms with Crippen molar-refractivity contribution in [1.82, 2.24) is 10.2 Å². The lowest BCUT2D eigenvalue weighted by molar-refractivity contribution is 0.598. The van der Waals surface area contributed by atoms with E-state index >= 15 is 0 Å². The average molecular weight is 306 g/mol. The summed E-state index contributed by atoms with van der Waals surface area (Å²) in [5.41, 5.74) is 1.45. The number of aromatic amines is 1. The van der Waals surface area contributed by atoms with Crippen molar-refractivity contribution in [2.45, 2.75) is 11.4 Å². The molecule has 0 spiro atoms. The SMILES string of the molecule is CN(C)c1n[nH]c(S(C)(=O)=O)c1N=CCc1ccccc1. The minimum Gasteiger partial charge on any atom is -0.359 e. The third-order valence-electron chi connectivity index (χ3n) is 2.87. The number of hydrogen-bond acceptors (Lipinski definition) is 5. The van der Waals surface area contributed by atoms with Crippen molar-refractivity contribution in [3.8, 4) is 0 Å². The third kappa shape index (κ3) is 3.69. The van der Waals surface area contributed by atoms with Crippen LogP contribution in [0.15, 0.2) is 40.4 Å². The third-order valence-corrected chi connectivity index (χ3v) is 3.90. The lowest BCUT2D eigenvalue weighted by atomic mass is 10.2. The lowest BCUT2D eigenvalue weighted by Crippen LogP contribution is -2.09. The van der Waals surface area contributed by atoms with Gasteiger partial charge in [-0.2, -0.15) is 5.10 Å². The molecule has 1 N–H and O–H groups in total. The van der Waals surface area contributed by atoms with Crippen molar-refractivity contribution in [1.29, 1.82) is 0 Å². The van der Waals surface area contributed by atoms with Gasteiger partial charge in [0.1, 0.15) is 5.69 Å². The van der Waals surface area contributed by atoms with Gasteiger partial charge in [-0.3, -0.25) is 10.1 Å².